The van der Waals surface area contributed by atoms with E-state index in [0.29, 0.717) is 6.04 Å². The largest absolute Gasteiger partial charge is 0.370 e. The number of likely N-dealkylation sites (tertiary alicyclic amines) is 1. The van der Waals surface area contributed by atoms with E-state index in [1.54, 1.807) is 0 Å². The van der Waals surface area contributed by atoms with Gasteiger partial charge in [-0.1, -0.05) is 0 Å². The predicted molar refractivity (Wildman–Crippen MR) is 51.4 cm³/mol. The Kier molecular flexibility index (Phi) is 1.86. The minimum atomic E-state index is -0.0206. The summed E-state index contributed by atoms with van der Waals surface area (Å²) in [5.74, 6) is 0.972. The SMILES string of the molecule is N=C(N=C(N)N)N1CC2CCC1C2. The van der Waals surface area contributed by atoms with Gasteiger partial charge in [-0.2, -0.15) is 4.99 Å². The maximum Gasteiger partial charge on any atom is 0.221 e. The van der Waals surface area contributed by atoms with Gasteiger partial charge >= 0.3 is 0 Å². The van der Waals surface area contributed by atoms with E-state index in [2.05, 4.69) is 4.99 Å². The highest BCUT2D eigenvalue weighted by atomic mass is 15.3. The minimum Gasteiger partial charge on any atom is -0.370 e. The summed E-state index contributed by atoms with van der Waals surface area (Å²) in [4.78, 5) is 5.77. The van der Waals surface area contributed by atoms with E-state index in [1.165, 1.54) is 19.3 Å². The maximum absolute atomic E-state index is 7.65. The Morgan fingerprint density at radius 1 is 1.38 bits per heavy atom. The number of hydrogen-bond donors (Lipinski definition) is 3. The second-order valence-corrected chi connectivity index (χ2v) is 3.85. The molecule has 5 heteroatoms. The molecule has 13 heavy (non-hydrogen) atoms. The van der Waals surface area contributed by atoms with E-state index in [0.717, 1.165) is 12.5 Å². The van der Waals surface area contributed by atoms with Crippen molar-refractivity contribution in [3.63, 3.8) is 0 Å². The van der Waals surface area contributed by atoms with Crippen LogP contribution >= 0.6 is 0 Å². The normalized spacial score (nSPS) is 30.6. The molecule has 2 atom stereocenters. The summed E-state index contributed by atoms with van der Waals surface area (Å²) >= 11 is 0. The number of nitrogens with zero attached hydrogens (tertiary/aromatic N) is 2. The van der Waals surface area contributed by atoms with Gasteiger partial charge in [0.1, 0.15) is 0 Å². The quantitative estimate of drug-likeness (QED) is 0.353. The molecule has 0 aromatic carbocycles. The summed E-state index contributed by atoms with van der Waals surface area (Å²) in [5.41, 5.74) is 10.4. The molecule has 5 nitrogen and oxygen atoms in total. The van der Waals surface area contributed by atoms with Crippen LogP contribution in [0.5, 0.6) is 0 Å². The molecule has 2 fully saturated rings. The summed E-state index contributed by atoms with van der Waals surface area (Å²) in [6.07, 6.45) is 3.70. The predicted octanol–water partition coefficient (Wildman–Crippen LogP) is -0.321. The summed E-state index contributed by atoms with van der Waals surface area (Å²) in [6.45, 7) is 0.959. The molecule has 2 unspecified atom stereocenters. The van der Waals surface area contributed by atoms with Crippen molar-refractivity contribution in [2.75, 3.05) is 6.54 Å². The van der Waals surface area contributed by atoms with E-state index in [9.17, 15) is 0 Å². The van der Waals surface area contributed by atoms with Crippen LogP contribution in [-0.2, 0) is 0 Å². The van der Waals surface area contributed by atoms with Crippen LogP contribution in [0.1, 0.15) is 19.3 Å². The van der Waals surface area contributed by atoms with Gasteiger partial charge in [0.25, 0.3) is 0 Å². The van der Waals surface area contributed by atoms with Crippen molar-refractivity contribution in [1.29, 1.82) is 5.41 Å². The van der Waals surface area contributed by atoms with Gasteiger partial charge in [-0.15, -0.1) is 0 Å². The third kappa shape index (κ3) is 1.46. The molecule has 2 aliphatic rings. The molecule has 0 radical (unpaired) electrons. The van der Waals surface area contributed by atoms with Crippen LogP contribution in [-0.4, -0.2) is 29.4 Å². The zero-order valence-corrected chi connectivity index (χ0v) is 7.53. The molecule has 0 spiro atoms. The fourth-order valence-corrected chi connectivity index (χ4v) is 2.37. The standard InChI is InChI=1S/C8H15N5/c9-7(10)12-8(11)13-4-5-1-2-6(13)3-5/h5-6H,1-4H2,(H5,9,10,11,12). The highest BCUT2D eigenvalue weighted by molar-refractivity contribution is 5.92. The fraction of sp³-hybridized carbons (Fsp3) is 0.750. The van der Waals surface area contributed by atoms with Crippen LogP contribution < -0.4 is 11.5 Å². The summed E-state index contributed by atoms with van der Waals surface area (Å²) < 4.78 is 0. The minimum absolute atomic E-state index is 0.0206. The first-order chi connectivity index (χ1) is 6.16. The zero-order valence-electron chi connectivity index (χ0n) is 7.53. The van der Waals surface area contributed by atoms with Gasteiger partial charge < -0.3 is 16.4 Å². The first kappa shape index (κ1) is 8.34. The summed E-state index contributed by atoms with van der Waals surface area (Å²) in [5, 5.41) is 7.65. The Balaban J connectivity index is 2.03. The van der Waals surface area contributed by atoms with Crippen LogP contribution in [0, 0.1) is 11.3 Å². The average Bonchev–Trinajstić information content (AvgIpc) is 2.62. The lowest BCUT2D eigenvalue weighted by Crippen LogP contribution is -2.38. The van der Waals surface area contributed by atoms with Crippen molar-refractivity contribution in [1.82, 2.24) is 4.90 Å². The molecular formula is C8H15N5. The lowest BCUT2D eigenvalue weighted by molar-refractivity contribution is 0.323. The van der Waals surface area contributed by atoms with Crippen molar-refractivity contribution in [2.45, 2.75) is 25.3 Å². The second kappa shape index (κ2) is 2.90. The number of guanidine groups is 2. The Morgan fingerprint density at radius 3 is 2.62 bits per heavy atom. The smallest absolute Gasteiger partial charge is 0.221 e. The topological polar surface area (TPSA) is 91.5 Å². The van der Waals surface area contributed by atoms with Crippen molar-refractivity contribution >= 4 is 11.9 Å². The lowest BCUT2D eigenvalue weighted by atomic mass is 10.1. The number of aliphatic imine (C=N–C) groups is 1. The number of hydrogen-bond acceptors (Lipinski definition) is 1. The van der Waals surface area contributed by atoms with Gasteiger partial charge in [-0.05, 0) is 25.2 Å². The molecule has 1 heterocycles. The van der Waals surface area contributed by atoms with Gasteiger partial charge in [0.15, 0.2) is 5.96 Å². The molecule has 1 aliphatic heterocycles. The van der Waals surface area contributed by atoms with Crippen molar-refractivity contribution in [3.8, 4) is 0 Å². The second-order valence-electron chi connectivity index (χ2n) is 3.85. The van der Waals surface area contributed by atoms with Crippen LogP contribution in [0.25, 0.3) is 0 Å². The van der Waals surface area contributed by atoms with E-state index >= 15 is 0 Å². The van der Waals surface area contributed by atoms with E-state index < -0.39 is 0 Å². The van der Waals surface area contributed by atoms with E-state index in [1.807, 2.05) is 4.90 Å². The van der Waals surface area contributed by atoms with Crippen molar-refractivity contribution in [3.05, 3.63) is 0 Å². The Labute approximate surface area is 77.3 Å². The van der Waals surface area contributed by atoms with Crippen LogP contribution in [0.15, 0.2) is 4.99 Å². The monoisotopic (exact) mass is 181 g/mol. The number of nitrogens with two attached hydrogens (primary N) is 2. The fourth-order valence-electron chi connectivity index (χ4n) is 2.37. The average molecular weight is 181 g/mol. The molecule has 1 aliphatic carbocycles. The molecule has 0 amide bonds. The highest BCUT2D eigenvalue weighted by Gasteiger charge is 2.38. The molecular weight excluding hydrogens is 166 g/mol. The molecule has 0 aromatic rings. The molecule has 5 N–H and O–H groups in total. The van der Waals surface area contributed by atoms with Crippen LogP contribution in [0.3, 0.4) is 0 Å². The molecule has 0 aromatic heterocycles. The van der Waals surface area contributed by atoms with Gasteiger partial charge in [0, 0.05) is 12.6 Å². The van der Waals surface area contributed by atoms with Crippen LogP contribution in [0.2, 0.25) is 0 Å². The van der Waals surface area contributed by atoms with Gasteiger partial charge in [-0.25, -0.2) is 0 Å². The zero-order chi connectivity index (χ0) is 9.42. The summed E-state index contributed by atoms with van der Waals surface area (Å²) in [6, 6.07) is 0.514. The number of fused-ring (bicyclic) bond motifs is 2. The van der Waals surface area contributed by atoms with Gasteiger partial charge in [0.2, 0.25) is 5.96 Å². The number of nitrogens with one attached hydrogen (secondary N) is 1. The third-order valence-electron chi connectivity index (χ3n) is 2.92. The number of rotatable bonds is 0. The Morgan fingerprint density at radius 2 is 2.15 bits per heavy atom. The van der Waals surface area contributed by atoms with Crippen LogP contribution in [0.4, 0.5) is 0 Å². The number of piperidine rings is 1. The third-order valence-corrected chi connectivity index (χ3v) is 2.92. The Bertz CT molecular complexity index is 255. The molecule has 2 rings (SSSR count). The molecule has 1 saturated carbocycles. The molecule has 2 bridgehead atoms. The van der Waals surface area contributed by atoms with Crippen molar-refractivity contribution < 1.29 is 0 Å². The first-order valence-electron chi connectivity index (χ1n) is 4.61. The maximum atomic E-state index is 7.65. The molecule has 72 valence electrons. The highest BCUT2D eigenvalue weighted by Crippen LogP contribution is 2.37. The van der Waals surface area contributed by atoms with Gasteiger partial charge in [-0.3, -0.25) is 5.41 Å². The summed E-state index contributed by atoms with van der Waals surface area (Å²) in [7, 11) is 0. The van der Waals surface area contributed by atoms with Gasteiger partial charge in [0.05, 0.1) is 0 Å². The van der Waals surface area contributed by atoms with E-state index in [4.69, 9.17) is 16.9 Å². The van der Waals surface area contributed by atoms with Crippen molar-refractivity contribution in [2.24, 2.45) is 22.4 Å². The first-order valence-corrected chi connectivity index (χ1v) is 4.61. The lowest BCUT2D eigenvalue weighted by Gasteiger charge is -2.26. The Hall–Kier alpha value is -1.26. The molecule has 1 saturated heterocycles. The van der Waals surface area contributed by atoms with E-state index in [-0.39, 0.29) is 11.9 Å².